The maximum Gasteiger partial charge on any atom is 0.337 e. The molecule has 0 aliphatic heterocycles. The van der Waals surface area contributed by atoms with Crippen LogP contribution in [-0.2, 0) is 4.79 Å². The van der Waals surface area contributed by atoms with E-state index in [2.05, 4.69) is 0 Å². The second kappa shape index (κ2) is 11.0. The first kappa shape index (κ1) is 24.7. The highest BCUT2D eigenvalue weighted by molar-refractivity contribution is 14.1. The molecule has 0 unspecified atom stereocenters. The molecular formula is C15H20I3N5O4. The largest absolute Gasteiger partial charge is 0.478 e. The van der Waals surface area contributed by atoms with E-state index in [1.165, 1.54) is 16.8 Å². The lowest BCUT2D eigenvalue weighted by Crippen LogP contribution is -2.40. The third-order valence-electron chi connectivity index (χ3n) is 3.69. The quantitative estimate of drug-likeness (QED) is 0.286. The summed E-state index contributed by atoms with van der Waals surface area (Å²) in [5.41, 5.74) is 17.1. The average Bonchev–Trinajstić information content (AvgIpc) is 2.59. The number of benzene rings is 1. The second-order valence-corrected chi connectivity index (χ2v) is 8.61. The molecule has 7 N–H and O–H groups in total. The van der Waals surface area contributed by atoms with Crippen molar-refractivity contribution in [1.29, 1.82) is 0 Å². The van der Waals surface area contributed by atoms with Gasteiger partial charge >= 0.3 is 5.97 Å². The molecule has 0 atom stereocenters. The maximum atomic E-state index is 13.1. The molecule has 1 aromatic rings. The number of nitrogens with zero attached hydrogens (tertiary/aromatic N) is 2. The summed E-state index contributed by atoms with van der Waals surface area (Å²) < 4.78 is 1.13. The molecule has 12 heteroatoms. The van der Waals surface area contributed by atoms with Crippen LogP contribution in [0.1, 0.15) is 20.7 Å². The van der Waals surface area contributed by atoms with E-state index in [0.29, 0.717) is 16.4 Å². The van der Waals surface area contributed by atoms with Crippen LogP contribution in [0.5, 0.6) is 0 Å². The van der Waals surface area contributed by atoms with Crippen LogP contribution >= 0.6 is 67.8 Å². The Balaban J connectivity index is 3.78. The molecule has 0 heterocycles. The summed E-state index contributed by atoms with van der Waals surface area (Å²) >= 11 is 5.68. The highest BCUT2D eigenvalue weighted by Crippen LogP contribution is 2.38. The normalized spacial score (nSPS) is 10.6. The van der Waals surface area contributed by atoms with Crippen molar-refractivity contribution in [3.63, 3.8) is 0 Å². The van der Waals surface area contributed by atoms with E-state index in [0.717, 1.165) is 0 Å². The van der Waals surface area contributed by atoms with Gasteiger partial charge in [0.05, 0.1) is 30.5 Å². The monoisotopic (exact) mass is 715 g/mol. The Morgan fingerprint density at radius 2 is 1.41 bits per heavy atom. The molecule has 2 amide bonds. The van der Waals surface area contributed by atoms with Gasteiger partial charge in [-0.15, -0.1) is 0 Å². The zero-order valence-corrected chi connectivity index (χ0v) is 20.9. The molecule has 0 saturated heterocycles. The predicted molar refractivity (Wildman–Crippen MR) is 128 cm³/mol. The summed E-state index contributed by atoms with van der Waals surface area (Å²) in [5, 5.41) is 9.69. The summed E-state index contributed by atoms with van der Waals surface area (Å²) in [5.74, 6) is -1.97. The van der Waals surface area contributed by atoms with E-state index < -0.39 is 11.9 Å². The van der Waals surface area contributed by atoms with Crippen molar-refractivity contribution in [3.8, 4) is 0 Å². The summed E-state index contributed by atoms with van der Waals surface area (Å²) in [6.07, 6.45) is 0. The van der Waals surface area contributed by atoms with Crippen LogP contribution in [-0.4, -0.2) is 67.6 Å². The molecule has 0 aromatic heterocycles. The van der Waals surface area contributed by atoms with E-state index in [1.807, 2.05) is 67.8 Å². The van der Waals surface area contributed by atoms with Crippen LogP contribution in [0.3, 0.4) is 0 Å². The lowest BCUT2D eigenvalue weighted by molar-refractivity contribution is -0.117. The molecule has 0 saturated carbocycles. The number of hydrogen-bond donors (Lipinski definition) is 4. The summed E-state index contributed by atoms with van der Waals surface area (Å²) in [6.45, 7) is 0.806. The standard InChI is InChI=1S/C15H20I3N5O4/c1-22(7(24)6-21)13-11(17)8(10(16)9(12(13)18)15(26)27)14(25)23(4-2-19)5-3-20/h2-6,19-21H2,1H3,(H,26,27). The first-order chi connectivity index (χ1) is 12.6. The Morgan fingerprint density at radius 3 is 1.81 bits per heavy atom. The number of carboxylic acids is 1. The van der Waals surface area contributed by atoms with Crippen LogP contribution in [0, 0.1) is 10.7 Å². The topological polar surface area (TPSA) is 156 Å². The number of carboxylic acid groups (broad SMARTS) is 1. The molecule has 0 fully saturated rings. The lowest BCUT2D eigenvalue weighted by atomic mass is 10.1. The summed E-state index contributed by atoms with van der Waals surface area (Å²) in [4.78, 5) is 39.9. The van der Waals surface area contributed by atoms with Gasteiger partial charge in [-0.05, 0) is 67.8 Å². The fraction of sp³-hybridized carbons (Fsp3) is 0.400. The molecule has 0 bridgehead atoms. The highest BCUT2D eigenvalue weighted by atomic mass is 127. The molecule has 0 aliphatic rings. The molecule has 0 spiro atoms. The molecule has 1 rings (SSSR count). The Morgan fingerprint density at radius 1 is 0.926 bits per heavy atom. The molecule has 150 valence electrons. The van der Waals surface area contributed by atoms with E-state index >= 15 is 0 Å². The molecule has 9 nitrogen and oxygen atoms in total. The van der Waals surface area contributed by atoms with Crippen molar-refractivity contribution in [2.75, 3.05) is 44.7 Å². The SMILES string of the molecule is CN(C(=O)CN)c1c(I)c(C(=O)O)c(I)c(C(=O)N(CCN)CCN)c1I. The van der Waals surface area contributed by atoms with Gasteiger partial charge in [-0.2, -0.15) is 0 Å². The summed E-state index contributed by atoms with van der Waals surface area (Å²) in [6, 6.07) is 0. The molecule has 27 heavy (non-hydrogen) atoms. The third kappa shape index (κ3) is 5.40. The average molecular weight is 715 g/mol. The van der Waals surface area contributed by atoms with Gasteiger partial charge in [0.25, 0.3) is 5.91 Å². The van der Waals surface area contributed by atoms with Gasteiger partial charge in [0, 0.05) is 36.8 Å². The van der Waals surface area contributed by atoms with E-state index in [-0.39, 0.29) is 49.8 Å². The minimum Gasteiger partial charge on any atom is -0.478 e. The molecule has 1 aromatic carbocycles. The minimum atomic E-state index is -1.19. The number of carbonyl (C=O) groups excluding carboxylic acids is 2. The lowest BCUT2D eigenvalue weighted by Gasteiger charge is -2.27. The van der Waals surface area contributed by atoms with Gasteiger partial charge in [0.15, 0.2) is 0 Å². The van der Waals surface area contributed by atoms with Crippen LogP contribution in [0.15, 0.2) is 0 Å². The van der Waals surface area contributed by atoms with E-state index in [4.69, 9.17) is 17.2 Å². The number of hydrogen-bond acceptors (Lipinski definition) is 6. The Kier molecular flexibility index (Phi) is 10.1. The summed E-state index contributed by atoms with van der Waals surface area (Å²) in [7, 11) is 1.50. The Labute approximate surface area is 197 Å². The molecular weight excluding hydrogens is 695 g/mol. The zero-order valence-electron chi connectivity index (χ0n) is 14.5. The van der Waals surface area contributed by atoms with Gasteiger partial charge in [0.1, 0.15) is 0 Å². The van der Waals surface area contributed by atoms with Crippen molar-refractivity contribution >= 4 is 91.2 Å². The first-order valence-electron chi connectivity index (χ1n) is 7.73. The highest BCUT2D eigenvalue weighted by Gasteiger charge is 2.31. The van der Waals surface area contributed by atoms with Crippen LogP contribution in [0.25, 0.3) is 0 Å². The molecule has 0 aliphatic carbocycles. The zero-order chi connectivity index (χ0) is 20.9. The van der Waals surface area contributed by atoms with Crippen LogP contribution in [0.2, 0.25) is 0 Å². The van der Waals surface area contributed by atoms with E-state index in [1.54, 1.807) is 0 Å². The number of amides is 2. The first-order valence-corrected chi connectivity index (χ1v) is 11.0. The fourth-order valence-corrected chi connectivity index (χ4v) is 7.18. The number of rotatable bonds is 8. The van der Waals surface area contributed by atoms with Crippen molar-refractivity contribution in [3.05, 3.63) is 21.8 Å². The number of nitrogens with two attached hydrogens (primary N) is 3. The van der Waals surface area contributed by atoms with E-state index in [9.17, 15) is 19.5 Å². The maximum absolute atomic E-state index is 13.1. The van der Waals surface area contributed by atoms with Crippen molar-refractivity contribution in [2.45, 2.75) is 0 Å². The second-order valence-electron chi connectivity index (χ2n) is 5.37. The number of likely N-dealkylation sites (N-methyl/N-ethyl adjacent to an activating group) is 1. The number of halogens is 3. The third-order valence-corrected chi connectivity index (χ3v) is 6.87. The predicted octanol–water partition coefficient (Wildman–Crippen LogP) is 0.480. The van der Waals surface area contributed by atoms with Gasteiger partial charge in [-0.1, -0.05) is 0 Å². The van der Waals surface area contributed by atoms with Gasteiger partial charge < -0.3 is 32.1 Å². The fourth-order valence-electron chi connectivity index (χ4n) is 2.37. The van der Waals surface area contributed by atoms with Gasteiger partial charge in [-0.25, -0.2) is 4.79 Å². The van der Waals surface area contributed by atoms with Crippen molar-refractivity contribution in [2.24, 2.45) is 17.2 Å². The van der Waals surface area contributed by atoms with Gasteiger partial charge in [0.2, 0.25) is 5.91 Å². The van der Waals surface area contributed by atoms with Crippen LogP contribution in [0.4, 0.5) is 5.69 Å². The number of anilines is 1. The number of aromatic carboxylic acids is 1. The van der Waals surface area contributed by atoms with Crippen LogP contribution < -0.4 is 22.1 Å². The minimum absolute atomic E-state index is 0.0351. The smallest absolute Gasteiger partial charge is 0.337 e. The Bertz CT molecular complexity index is 754. The van der Waals surface area contributed by atoms with Gasteiger partial charge in [-0.3, -0.25) is 9.59 Å². The molecule has 0 radical (unpaired) electrons. The number of carbonyl (C=O) groups is 3. The van der Waals surface area contributed by atoms with Crippen molar-refractivity contribution < 1.29 is 19.5 Å². The van der Waals surface area contributed by atoms with Crippen molar-refractivity contribution in [1.82, 2.24) is 4.90 Å². The Hall–Kier alpha value is -0.300.